The summed E-state index contributed by atoms with van der Waals surface area (Å²) in [5, 5.41) is 24.5. The van der Waals surface area contributed by atoms with E-state index in [0.29, 0.717) is 62.1 Å². The highest BCUT2D eigenvalue weighted by atomic mass is 35.5. The molecule has 28 heteroatoms. The second-order valence-corrected chi connectivity index (χ2v) is 22.7. The SMILES string of the molecule is CC1(C)CC(Nc2nc(Cl)ncc2F)CC2CCCN21.Cn1nnn(-c2cc(N)ccc2O[C@@H]2CCOC2)c1=O.Cn1nnn(-c2cc(Nc3ncc(F)c(NC4CC5CCCN5C(C)(C)C4)n3)c(F)cc2O[C@@H]2CCOC2)c1=O. The Morgan fingerprint density at radius 2 is 1.20 bits per heavy atom. The van der Waals surface area contributed by atoms with Gasteiger partial charge in [-0.2, -0.15) is 28.7 Å². The van der Waals surface area contributed by atoms with E-state index in [9.17, 15) is 18.4 Å². The Morgan fingerprint density at radius 3 is 1.73 bits per heavy atom. The molecule has 430 valence electrons. The first-order valence-electron chi connectivity index (χ1n) is 27.0. The molecule has 5 N–H and O–H groups in total. The van der Waals surface area contributed by atoms with Gasteiger partial charge >= 0.3 is 11.4 Å². The fourth-order valence-corrected chi connectivity index (χ4v) is 12.1. The van der Waals surface area contributed by atoms with Crippen LogP contribution in [0, 0.1) is 17.5 Å². The fourth-order valence-electron chi connectivity index (χ4n) is 11.9. The van der Waals surface area contributed by atoms with Crippen molar-refractivity contribution < 1.29 is 32.1 Å². The Balaban J connectivity index is 0.000000150. The predicted molar refractivity (Wildman–Crippen MR) is 290 cm³/mol. The van der Waals surface area contributed by atoms with Crippen molar-refractivity contribution in [2.24, 2.45) is 14.1 Å². The van der Waals surface area contributed by atoms with Gasteiger partial charge in [0, 0.05) is 73.9 Å². The highest BCUT2D eigenvalue weighted by Crippen LogP contribution is 2.41. The maximum Gasteiger partial charge on any atom is 0.368 e. The summed E-state index contributed by atoms with van der Waals surface area (Å²) in [4.78, 5) is 45.7. The molecule has 0 saturated carbocycles. The molecule has 0 radical (unpaired) electrons. The van der Waals surface area contributed by atoms with Crippen LogP contribution in [0.25, 0.3) is 11.4 Å². The number of piperidine rings is 2. The van der Waals surface area contributed by atoms with Gasteiger partial charge in [-0.3, -0.25) is 9.80 Å². The lowest BCUT2D eigenvalue weighted by Crippen LogP contribution is -2.55. The maximum atomic E-state index is 15.3. The van der Waals surface area contributed by atoms with Crippen LogP contribution >= 0.6 is 11.6 Å². The minimum absolute atomic E-state index is 0.00401. The monoisotopic (exact) mass is 1130 g/mol. The van der Waals surface area contributed by atoms with Gasteiger partial charge in [-0.05, 0) is 149 Å². The molecule has 6 aliphatic heterocycles. The maximum absolute atomic E-state index is 15.3. The molecule has 24 nitrogen and oxygen atoms in total. The zero-order chi connectivity index (χ0) is 56.5. The standard InChI is InChI=1S/C26H33F2N9O3.C14H20ClFN4.C12H15N5O3/c1-26(2)12-15(9-16-5-4-7-36(16)26)30-23-19(28)13-29-24(32-23)31-20-11-21(37-25(38)35(3)33-34-37)22(10-18(20)27)40-17-6-8-39-14-17;1-14(2)7-9(6-10-4-3-5-20(10)14)18-12-11(16)8-17-13(15)19-12;1-16-12(18)17(15-14-16)10-6-8(13)2-3-11(10)20-9-4-5-19-7-9/h10-11,13,15-17H,4-9,12,14H2,1-3H3,(H2,29,30,31,32);8-10H,3-7H2,1-2H3,(H,17,18,19);2-3,6,9H,4-5,7,13H2,1H3/t15?,16?,17-;;9-/m1.1/s1. The van der Waals surface area contributed by atoms with Gasteiger partial charge < -0.3 is 40.6 Å². The molecule has 6 fully saturated rings. The molecule has 12 rings (SSSR count). The zero-order valence-corrected chi connectivity index (χ0v) is 46.4. The quantitative estimate of drug-likeness (QED) is 0.0863. The lowest BCUT2D eigenvalue weighted by Gasteiger charge is -2.47. The number of fused-ring (bicyclic) bond motifs is 2. The van der Waals surface area contributed by atoms with Crippen molar-refractivity contribution in [3.05, 3.63) is 86.4 Å². The Kier molecular flexibility index (Phi) is 16.6. The molecule has 6 saturated heterocycles. The first kappa shape index (κ1) is 56.3. The minimum atomic E-state index is -0.674. The third-order valence-electron chi connectivity index (χ3n) is 15.6. The average molecular weight is 1130 g/mol. The van der Waals surface area contributed by atoms with Gasteiger partial charge in [-0.25, -0.2) is 32.7 Å². The molecule has 0 amide bonds. The third-order valence-corrected chi connectivity index (χ3v) is 15.8. The van der Waals surface area contributed by atoms with Gasteiger partial charge in [-0.15, -0.1) is 0 Å². The summed E-state index contributed by atoms with van der Waals surface area (Å²) in [5.74, 6) is -0.785. The van der Waals surface area contributed by atoms with Crippen LogP contribution < -0.4 is 42.5 Å². The second-order valence-electron chi connectivity index (χ2n) is 22.3. The van der Waals surface area contributed by atoms with Crippen LogP contribution in [0.2, 0.25) is 5.28 Å². The Labute approximate surface area is 464 Å². The van der Waals surface area contributed by atoms with Crippen molar-refractivity contribution in [3.63, 3.8) is 0 Å². The summed E-state index contributed by atoms with van der Waals surface area (Å²) in [6, 6.07) is 8.93. The fraction of sp³-hybridized carbons (Fsp3) is 0.577. The number of anilines is 5. The smallest absolute Gasteiger partial charge is 0.368 e. The highest BCUT2D eigenvalue weighted by Gasteiger charge is 2.44. The van der Waals surface area contributed by atoms with E-state index in [2.05, 4.69) is 94.2 Å². The van der Waals surface area contributed by atoms with Gasteiger partial charge in [-0.1, -0.05) is 0 Å². The molecule has 2 aromatic carbocycles. The highest BCUT2D eigenvalue weighted by molar-refractivity contribution is 6.28. The Morgan fingerprint density at radius 1 is 0.675 bits per heavy atom. The van der Waals surface area contributed by atoms with Crippen molar-refractivity contribution in [2.45, 2.75) is 139 Å². The molecule has 10 heterocycles. The van der Waals surface area contributed by atoms with Crippen molar-refractivity contribution in [1.29, 1.82) is 0 Å². The van der Waals surface area contributed by atoms with Crippen molar-refractivity contribution in [3.8, 4) is 22.9 Å². The van der Waals surface area contributed by atoms with Crippen LogP contribution in [0.1, 0.15) is 91.9 Å². The topological polar surface area (TPSA) is 262 Å². The number of nitrogens with two attached hydrogens (primary N) is 1. The van der Waals surface area contributed by atoms with E-state index < -0.39 is 23.1 Å². The molecule has 0 spiro atoms. The summed E-state index contributed by atoms with van der Waals surface area (Å²) in [6.07, 6.45) is 11.8. The van der Waals surface area contributed by atoms with Crippen molar-refractivity contribution in [2.75, 3.05) is 61.2 Å². The molecule has 6 aromatic rings. The van der Waals surface area contributed by atoms with E-state index >= 15 is 4.39 Å². The predicted octanol–water partition coefficient (Wildman–Crippen LogP) is 5.57. The summed E-state index contributed by atoms with van der Waals surface area (Å²) in [7, 11) is 2.99. The molecule has 0 aliphatic carbocycles. The molecule has 0 bridgehead atoms. The second kappa shape index (κ2) is 23.6. The van der Waals surface area contributed by atoms with E-state index in [0.717, 1.165) is 77.6 Å². The third kappa shape index (κ3) is 12.6. The number of hydrogen-bond acceptors (Lipinski definition) is 20. The number of nitrogens with one attached hydrogen (secondary N) is 3. The van der Waals surface area contributed by atoms with Gasteiger partial charge in [0.1, 0.15) is 35.1 Å². The van der Waals surface area contributed by atoms with E-state index in [1.165, 1.54) is 50.7 Å². The number of tetrazole rings is 2. The number of benzene rings is 2. The average Bonchev–Trinajstić information content (AvgIpc) is 4.30. The number of halogens is 4. The van der Waals surface area contributed by atoms with Gasteiger partial charge in [0.2, 0.25) is 11.2 Å². The summed E-state index contributed by atoms with van der Waals surface area (Å²) >= 11 is 5.74. The lowest BCUT2D eigenvalue weighted by molar-refractivity contribution is 0.0498. The number of rotatable bonds is 12. The largest absolute Gasteiger partial charge is 0.486 e. The number of aryl methyl sites for hydroxylation is 2. The van der Waals surface area contributed by atoms with Crippen molar-refractivity contribution in [1.82, 2.24) is 69.3 Å². The summed E-state index contributed by atoms with van der Waals surface area (Å²) < 4.78 is 70.7. The van der Waals surface area contributed by atoms with Crippen LogP contribution in [-0.2, 0) is 23.6 Å². The molecular weight excluding hydrogens is 1070 g/mol. The van der Waals surface area contributed by atoms with Crippen LogP contribution in [0.4, 0.5) is 42.1 Å². The first-order chi connectivity index (χ1) is 38.3. The van der Waals surface area contributed by atoms with Crippen LogP contribution in [-0.4, -0.2) is 156 Å². The van der Waals surface area contributed by atoms with Crippen LogP contribution in [0.3, 0.4) is 0 Å². The zero-order valence-electron chi connectivity index (χ0n) is 45.6. The molecule has 6 aliphatic rings. The van der Waals surface area contributed by atoms with Crippen LogP contribution in [0.15, 0.2) is 52.3 Å². The number of aromatic nitrogens is 12. The van der Waals surface area contributed by atoms with E-state index in [1.54, 1.807) is 18.2 Å². The normalized spacial score (nSPS) is 24.0. The molecule has 4 aromatic heterocycles. The summed E-state index contributed by atoms with van der Waals surface area (Å²) in [6.45, 7) is 13.3. The van der Waals surface area contributed by atoms with Gasteiger partial charge in [0.25, 0.3) is 0 Å². The first-order valence-corrected chi connectivity index (χ1v) is 27.4. The number of hydrogen-bond donors (Lipinski definition) is 4. The molecule has 6 atom stereocenters. The van der Waals surface area contributed by atoms with Gasteiger partial charge in [0.15, 0.2) is 29.1 Å². The minimum Gasteiger partial charge on any atom is -0.486 e. The number of ether oxygens (including phenoxy) is 4. The van der Waals surface area contributed by atoms with Crippen LogP contribution in [0.5, 0.6) is 11.5 Å². The van der Waals surface area contributed by atoms with Crippen molar-refractivity contribution >= 4 is 40.6 Å². The van der Waals surface area contributed by atoms with Gasteiger partial charge in [0.05, 0.1) is 44.5 Å². The summed E-state index contributed by atoms with van der Waals surface area (Å²) in [5.41, 5.74) is 6.16. The molecule has 80 heavy (non-hydrogen) atoms. The van der Waals surface area contributed by atoms with E-state index in [4.69, 9.17) is 36.3 Å². The number of nitrogens with zero attached hydrogens (tertiary/aromatic N) is 14. The number of nitrogen functional groups attached to an aromatic ring is 1. The lowest BCUT2D eigenvalue weighted by atomic mass is 9.84. The molecular formula is C52H68ClF3N18O6. The van der Waals surface area contributed by atoms with E-state index in [-0.39, 0.29) is 81.1 Å². The van der Waals surface area contributed by atoms with E-state index in [1.807, 2.05) is 0 Å². The Hall–Kier alpha value is -6.94. The Bertz CT molecular complexity index is 3270. The molecule has 4 unspecified atom stereocenters.